The fourth-order valence-electron chi connectivity index (χ4n) is 2.01. The summed E-state index contributed by atoms with van der Waals surface area (Å²) < 4.78 is 18.9. The van der Waals surface area contributed by atoms with Gasteiger partial charge in [-0.2, -0.15) is 0 Å². The lowest BCUT2D eigenvalue weighted by Crippen LogP contribution is -2.41. The molecule has 1 aromatic rings. The average molecular weight is 254 g/mol. The van der Waals surface area contributed by atoms with E-state index in [4.69, 9.17) is 4.74 Å². The molecule has 1 aliphatic rings. The third kappa shape index (κ3) is 2.76. The van der Waals surface area contributed by atoms with Gasteiger partial charge in [-0.3, -0.25) is 10.1 Å². The predicted octanol–water partition coefficient (Wildman–Crippen LogP) is 2.71. The van der Waals surface area contributed by atoms with Gasteiger partial charge in [0, 0.05) is 24.8 Å². The maximum absolute atomic E-state index is 13.5. The van der Waals surface area contributed by atoms with Crippen LogP contribution < -0.4 is 5.32 Å². The number of nitrogens with zero attached hydrogens (tertiary/aromatic N) is 1. The molecule has 0 radical (unpaired) electrons. The van der Waals surface area contributed by atoms with E-state index in [0.29, 0.717) is 6.61 Å². The molecule has 0 amide bonds. The number of anilines is 1. The van der Waals surface area contributed by atoms with Crippen LogP contribution in [0.1, 0.15) is 19.8 Å². The van der Waals surface area contributed by atoms with Gasteiger partial charge in [0.2, 0.25) is 0 Å². The molecule has 0 atom stereocenters. The van der Waals surface area contributed by atoms with Crippen LogP contribution in [0.15, 0.2) is 18.2 Å². The molecule has 0 aliphatic heterocycles. The molecule has 1 fully saturated rings. The third-order valence-corrected chi connectivity index (χ3v) is 3.02. The molecule has 5 nitrogen and oxygen atoms in total. The molecule has 0 heterocycles. The molecule has 0 bridgehead atoms. The van der Waals surface area contributed by atoms with Crippen molar-refractivity contribution in [2.45, 2.75) is 31.9 Å². The zero-order chi connectivity index (χ0) is 13.1. The highest BCUT2D eigenvalue weighted by atomic mass is 19.1. The van der Waals surface area contributed by atoms with Gasteiger partial charge in [0.15, 0.2) is 0 Å². The smallest absolute Gasteiger partial charge is 0.271 e. The van der Waals surface area contributed by atoms with Gasteiger partial charge >= 0.3 is 0 Å². The number of halogens is 1. The van der Waals surface area contributed by atoms with Crippen LogP contribution in [0.4, 0.5) is 15.8 Å². The summed E-state index contributed by atoms with van der Waals surface area (Å²) in [5, 5.41) is 13.6. The summed E-state index contributed by atoms with van der Waals surface area (Å²) in [4.78, 5) is 10.1. The fraction of sp³-hybridized carbons (Fsp3) is 0.500. The maximum atomic E-state index is 13.5. The largest absolute Gasteiger partial charge is 0.380 e. The first-order valence-corrected chi connectivity index (χ1v) is 5.92. The molecule has 0 saturated heterocycles. The van der Waals surface area contributed by atoms with Crippen molar-refractivity contribution in [3.05, 3.63) is 34.1 Å². The Bertz CT molecular complexity index is 447. The lowest BCUT2D eigenvalue weighted by atomic mass is 9.89. The molecule has 18 heavy (non-hydrogen) atoms. The topological polar surface area (TPSA) is 64.4 Å². The summed E-state index contributed by atoms with van der Waals surface area (Å²) in [7, 11) is 0. The van der Waals surface area contributed by atoms with Crippen LogP contribution in [0.25, 0.3) is 0 Å². The van der Waals surface area contributed by atoms with Gasteiger partial charge in [-0.15, -0.1) is 0 Å². The van der Waals surface area contributed by atoms with Gasteiger partial charge in [-0.05, 0) is 25.8 Å². The van der Waals surface area contributed by atoms with Gasteiger partial charge in [-0.1, -0.05) is 0 Å². The number of nitro groups is 1. The Morgan fingerprint density at radius 3 is 2.89 bits per heavy atom. The molecule has 1 aliphatic carbocycles. The summed E-state index contributed by atoms with van der Waals surface area (Å²) in [6.45, 7) is 2.60. The average Bonchev–Trinajstić information content (AvgIpc) is 2.28. The summed E-state index contributed by atoms with van der Waals surface area (Å²) in [5.41, 5.74) is 0.0729. The second kappa shape index (κ2) is 5.30. The van der Waals surface area contributed by atoms with Crippen LogP contribution in [0.3, 0.4) is 0 Å². The Hall–Kier alpha value is -1.69. The number of nitro benzene ring substituents is 1. The van der Waals surface area contributed by atoms with E-state index in [-0.39, 0.29) is 23.5 Å². The lowest BCUT2D eigenvalue weighted by Gasteiger charge is -2.36. The van der Waals surface area contributed by atoms with Crippen molar-refractivity contribution in [3.8, 4) is 0 Å². The molecule has 6 heteroatoms. The van der Waals surface area contributed by atoms with Crippen molar-refractivity contribution < 1.29 is 14.1 Å². The van der Waals surface area contributed by atoms with Crippen LogP contribution in [0.5, 0.6) is 0 Å². The zero-order valence-electron chi connectivity index (χ0n) is 10.1. The van der Waals surface area contributed by atoms with Crippen molar-refractivity contribution in [1.29, 1.82) is 0 Å². The molecule has 98 valence electrons. The number of hydrogen-bond donors (Lipinski definition) is 1. The van der Waals surface area contributed by atoms with E-state index in [1.807, 2.05) is 6.92 Å². The number of nitrogens with one attached hydrogen (secondary N) is 1. The van der Waals surface area contributed by atoms with E-state index in [0.717, 1.165) is 25.0 Å². The van der Waals surface area contributed by atoms with Crippen LogP contribution in [-0.2, 0) is 4.74 Å². The Kier molecular flexibility index (Phi) is 3.76. The molecular weight excluding hydrogens is 239 g/mol. The van der Waals surface area contributed by atoms with Crippen molar-refractivity contribution in [1.82, 2.24) is 0 Å². The highest BCUT2D eigenvalue weighted by Crippen LogP contribution is 2.29. The van der Waals surface area contributed by atoms with E-state index in [2.05, 4.69) is 5.32 Å². The van der Waals surface area contributed by atoms with Gasteiger partial charge in [0.25, 0.3) is 5.69 Å². The van der Waals surface area contributed by atoms with Gasteiger partial charge in [0.05, 0.1) is 16.7 Å². The first kappa shape index (κ1) is 12.8. The van der Waals surface area contributed by atoms with Gasteiger partial charge in [-0.25, -0.2) is 4.39 Å². The van der Waals surface area contributed by atoms with E-state index in [1.165, 1.54) is 6.07 Å². The molecule has 0 spiro atoms. The van der Waals surface area contributed by atoms with Gasteiger partial charge < -0.3 is 10.1 Å². The highest BCUT2D eigenvalue weighted by molar-refractivity contribution is 5.53. The molecule has 1 saturated carbocycles. The number of ether oxygens (including phenoxy) is 1. The molecule has 0 aromatic heterocycles. The normalized spacial score (nSPS) is 22.3. The van der Waals surface area contributed by atoms with E-state index in [1.54, 1.807) is 0 Å². The summed E-state index contributed by atoms with van der Waals surface area (Å²) in [6.07, 6.45) is 1.82. The summed E-state index contributed by atoms with van der Waals surface area (Å²) >= 11 is 0. The van der Waals surface area contributed by atoms with Crippen LogP contribution >= 0.6 is 0 Å². The van der Waals surface area contributed by atoms with Crippen molar-refractivity contribution >= 4 is 11.4 Å². The first-order valence-electron chi connectivity index (χ1n) is 5.92. The Balaban J connectivity index is 1.97. The Morgan fingerprint density at radius 1 is 1.56 bits per heavy atom. The number of rotatable bonds is 5. The van der Waals surface area contributed by atoms with E-state index in [9.17, 15) is 14.5 Å². The Labute approximate surface area is 104 Å². The summed E-state index contributed by atoms with van der Waals surface area (Å²) in [5.74, 6) is -0.472. The molecule has 0 unspecified atom stereocenters. The van der Waals surface area contributed by atoms with Crippen molar-refractivity contribution in [2.24, 2.45) is 0 Å². The molecule has 1 N–H and O–H groups in total. The van der Waals surface area contributed by atoms with Crippen LogP contribution in [-0.4, -0.2) is 23.7 Å². The standard InChI is InChI=1S/C12H15FN2O3/c1-2-18-10-5-8(6-10)14-12-7-9(15(16)17)3-4-11(12)13/h3-4,7-8,10,14H,2,5-6H2,1H3. The van der Waals surface area contributed by atoms with Crippen LogP contribution in [0, 0.1) is 15.9 Å². The number of non-ortho nitro benzene ring substituents is 1. The fourth-order valence-corrected chi connectivity index (χ4v) is 2.01. The predicted molar refractivity (Wildman–Crippen MR) is 65.1 cm³/mol. The Morgan fingerprint density at radius 2 is 2.28 bits per heavy atom. The zero-order valence-corrected chi connectivity index (χ0v) is 10.1. The number of benzene rings is 1. The van der Waals surface area contributed by atoms with Crippen molar-refractivity contribution in [3.63, 3.8) is 0 Å². The second-order valence-electron chi connectivity index (χ2n) is 4.31. The first-order chi connectivity index (χ1) is 8.60. The van der Waals surface area contributed by atoms with E-state index < -0.39 is 10.7 Å². The third-order valence-electron chi connectivity index (χ3n) is 3.02. The van der Waals surface area contributed by atoms with Gasteiger partial charge in [0.1, 0.15) is 5.82 Å². The summed E-state index contributed by atoms with van der Waals surface area (Å²) in [6, 6.07) is 3.62. The van der Waals surface area contributed by atoms with Crippen molar-refractivity contribution in [2.75, 3.05) is 11.9 Å². The maximum Gasteiger partial charge on any atom is 0.271 e. The SMILES string of the molecule is CCOC1CC(Nc2cc([N+](=O)[O-])ccc2F)C1. The monoisotopic (exact) mass is 254 g/mol. The van der Waals surface area contributed by atoms with Crippen LogP contribution in [0.2, 0.25) is 0 Å². The minimum Gasteiger partial charge on any atom is -0.380 e. The van der Waals surface area contributed by atoms with E-state index >= 15 is 0 Å². The lowest BCUT2D eigenvalue weighted by molar-refractivity contribution is -0.384. The minimum atomic E-state index is -0.533. The minimum absolute atomic E-state index is 0.111. The molecule has 2 rings (SSSR count). The molecule has 1 aromatic carbocycles. The number of hydrogen-bond acceptors (Lipinski definition) is 4. The second-order valence-corrected chi connectivity index (χ2v) is 4.31. The highest BCUT2D eigenvalue weighted by Gasteiger charge is 2.30. The quantitative estimate of drug-likeness (QED) is 0.648. The molecular formula is C12H15FN2O3.